The summed E-state index contributed by atoms with van der Waals surface area (Å²) in [5, 5.41) is 1.35. The highest BCUT2D eigenvalue weighted by molar-refractivity contribution is 6.31. The van der Waals surface area contributed by atoms with E-state index < -0.39 is 5.56 Å². The van der Waals surface area contributed by atoms with Crippen LogP contribution in [0.25, 0.3) is 17.0 Å². The Morgan fingerprint density at radius 3 is 2.50 bits per heavy atom. The van der Waals surface area contributed by atoms with Gasteiger partial charge in [-0.15, -0.1) is 0 Å². The number of H-pyrrole nitrogens is 1. The van der Waals surface area contributed by atoms with Crippen molar-refractivity contribution in [2.45, 2.75) is 13.8 Å². The Balaban J connectivity index is 2.02. The molecule has 1 N–H and O–H groups in total. The van der Waals surface area contributed by atoms with Crippen molar-refractivity contribution in [2.75, 3.05) is 0 Å². The maximum atomic E-state index is 12.5. The van der Waals surface area contributed by atoms with Gasteiger partial charge in [0.1, 0.15) is 0 Å². The minimum Gasteiger partial charge on any atom is -0.321 e. The van der Waals surface area contributed by atoms with Crippen LogP contribution >= 0.6 is 11.6 Å². The van der Waals surface area contributed by atoms with Crippen molar-refractivity contribution >= 4 is 34.4 Å². The van der Waals surface area contributed by atoms with Crippen LogP contribution in [0, 0.1) is 13.8 Å². The molecule has 1 heterocycles. The van der Waals surface area contributed by atoms with Gasteiger partial charge in [-0.1, -0.05) is 53.6 Å². The Bertz CT molecular complexity index is 1010. The smallest absolute Gasteiger partial charge is 0.259 e. The second-order valence-electron chi connectivity index (χ2n) is 5.75. The predicted octanol–water partition coefficient (Wildman–Crippen LogP) is 4.69. The van der Waals surface area contributed by atoms with Crippen LogP contribution in [0.15, 0.2) is 53.3 Å². The van der Waals surface area contributed by atoms with E-state index in [9.17, 15) is 9.59 Å². The van der Waals surface area contributed by atoms with Crippen molar-refractivity contribution in [3.8, 4) is 0 Å². The molecule has 0 fully saturated rings. The van der Waals surface area contributed by atoms with E-state index >= 15 is 0 Å². The van der Waals surface area contributed by atoms with Gasteiger partial charge in [-0.2, -0.15) is 0 Å². The van der Waals surface area contributed by atoms with Gasteiger partial charge in [0.2, 0.25) is 0 Å². The number of rotatable bonds is 3. The van der Waals surface area contributed by atoms with E-state index in [0.29, 0.717) is 16.1 Å². The van der Waals surface area contributed by atoms with Gasteiger partial charge < -0.3 is 4.98 Å². The van der Waals surface area contributed by atoms with Crippen molar-refractivity contribution in [2.24, 2.45) is 0 Å². The summed E-state index contributed by atoms with van der Waals surface area (Å²) < 4.78 is 0. The summed E-state index contributed by atoms with van der Waals surface area (Å²) >= 11 is 5.95. The zero-order valence-corrected chi connectivity index (χ0v) is 14.1. The van der Waals surface area contributed by atoms with Gasteiger partial charge in [-0.05, 0) is 43.2 Å². The molecular weight excluding hydrogens is 322 g/mol. The normalized spacial score (nSPS) is 11.3. The van der Waals surface area contributed by atoms with Crippen LogP contribution in [0.1, 0.15) is 27.0 Å². The first-order chi connectivity index (χ1) is 11.5. The number of aryl methyl sites for hydroxylation is 2. The first kappa shape index (κ1) is 16.2. The molecule has 0 bridgehead atoms. The highest BCUT2D eigenvalue weighted by Gasteiger charge is 2.14. The third-order valence-electron chi connectivity index (χ3n) is 3.99. The van der Waals surface area contributed by atoms with Gasteiger partial charge >= 0.3 is 0 Å². The Kier molecular flexibility index (Phi) is 4.36. The van der Waals surface area contributed by atoms with E-state index in [-0.39, 0.29) is 11.3 Å². The molecule has 3 aromatic rings. The standard InChI is InChI=1S/C20H16ClNO2/c1-12-3-5-14(6-4-12)7-10-18(23)19-13(2)16-9-8-15(21)11-17(16)22-20(19)24/h3-11H,1-2H3,(H,22,24)/b10-7+. The van der Waals surface area contributed by atoms with E-state index in [4.69, 9.17) is 11.6 Å². The topological polar surface area (TPSA) is 49.9 Å². The van der Waals surface area contributed by atoms with Crippen LogP contribution in [0.2, 0.25) is 5.02 Å². The molecule has 24 heavy (non-hydrogen) atoms. The molecule has 0 amide bonds. The number of hydrogen-bond donors (Lipinski definition) is 1. The van der Waals surface area contributed by atoms with Crippen molar-refractivity contribution in [1.29, 1.82) is 0 Å². The molecule has 3 nitrogen and oxygen atoms in total. The molecular formula is C20H16ClNO2. The Labute approximate surface area is 144 Å². The largest absolute Gasteiger partial charge is 0.321 e. The molecule has 2 aromatic carbocycles. The van der Waals surface area contributed by atoms with Crippen molar-refractivity contribution in [1.82, 2.24) is 4.98 Å². The molecule has 120 valence electrons. The second-order valence-corrected chi connectivity index (χ2v) is 6.19. The summed E-state index contributed by atoms with van der Waals surface area (Å²) in [4.78, 5) is 27.5. The number of aromatic nitrogens is 1. The fourth-order valence-electron chi connectivity index (χ4n) is 2.67. The molecule has 0 atom stereocenters. The van der Waals surface area contributed by atoms with Crippen molar-refractivity contribution in [3.63, 3.8) is 0 Å². The van der Waals surface area contributed by atoms with E-state index in [1.165, 1.54) is 6.08 Å². The van der Waals surface area contributed by atoms with E-state index in [1.807, 2.05) is 37.3 Å². The number of nitrogens with one attached hydrogen (secondary N) is 1. The van der Waals surface area contributed by atoms with Crippen LogP contribution in [-0.4, -0.2) is 10.8 Å². The average molecular weight is 338 g/mol. The molecule has 0 aliphatic carbocycles. The summed E-state index contributed by atoms with van der Waals surface area (Å²) in [6.45, 7) is 3.78. The lowest BCUT2D eigenvalue weighted by Crippen LogP contribution is -2.18. The summed E-state index contributed by atoms with van der Waals surface area (Å²) in [5.41, 5.74) is 3.11. The zero-order chi connectivity index (χ0) is 17.3. The number of ketones is 1. The summed E-state index contributed by atoms with van der Waals surface area (Å²) in [6.07, 6.45) is 3.15. The van der Waals surface area contributed by atoms with E-state index in [1.54, 1.807) is 25.1 Å². The Hall–Kier alpha value is -2.65. The molecule has 0 unspecified atom stereocenters. The number of allylic oxidation sites excluding steroid dienone is 1. The molecule has 0 saturated heterocycles. The van der Waals surface area contributed by atoms with Crippen LogP contribution in [0.3, 0.4) is 0 Å². The molecule has 0 radical (unpaired) electrons. The molecule has 4 heteroatoms. The van der Waals surface area contributed by atoms with Crippen LogP contribution in [-0.2, 0) is 0 Å². The number of hydrogen-bond acceptors (Lipinski definition) is 2. The van der Waals surface area contributed by atoms with Crippen LogP contribution < -0.4 is 5.56 Å². The summed E-state index contributed by atoms with van der Waals surface area (Å²) in [6, 6.07) is 13.0. The number of carbonyl (C=O) groups is 1. The van der Waals surface area contributed by atoms with E-state index in [0.717, 1.165) is 16.5 Å². The van der Waals surface area contributed by atoms with Crippen LogP contribution in [0.5, 0.6) is 0 Å². The second kappa shape index (κ2) is 6.46. The quantitative estimate of drug-likeness (QED) is 0.556. The third kappa shape index (κ3) is 3.17. The highest BCUT2D eigenvalue weighted by atomic mass is 35.5. The molecule has 0 aliphatic rings. The van der Waals surface area contributed by atoms with Gasteiger partial charge in [0.15, 0.2) is 5.78 Å². The third-order valence-corrected chi connectivity index (χ3v) is 4.22. The molecule has 0 spiro atoms. The molecule has 3 rings (SSSR count). The van der Waals surface area contributed by atoms with Gasteiger partial charge in [-0.25, -0.2) is 0 Å². The molecule has 0 saturated carbocycles. The Morgan fingerprint density at radius 1 is 1.08 bits per heavy atom. The van der Waals surface area contributed by atoms with Crippen molar-refractivity contribution < 1.29 is 4.79 Å². The van der Waals surface area contributed by atoms with Gasteiger partial charge in [0, 0.05) is 10.4 Å². The zero-order valence-electron chi connectivity index (χ0n) is 13.4. The first-order valence-electron chi connectivity index (χ1n) is 7.57. The lowest BCUT2D eigenvalue weighted by atomic mass is 10.0. The number of pyridine rings is 1. The number of halogens is 1. The van der Waals surface area contributed by atoms with Gasteiger partial charge in [0.25, 0.3) is 5.56 Å². The Morgan fingerprint density at radius 2 is 1.79 bits per heavy atom. The number of benzene rings is 2. The summed E-state index contributed by atoms with van der Waals surface area (Å²) in [5.74, 6) is -0.314. The maximum Gasteiger partial charge on any atom is 0.259 e. The minimum absolute atomic E-state index is 0.160. The number of aromatic amines is 1. The predicted molar refractivity (Wildman–Crippen MR) is 98.9 cm³/mol. The fourth-order valence-corrected chi connectivity index (χ4v) is 2.84. The monoisotopic (exact) mass is 337 g/mol. The highest BCUT2D eigenvalue weighted by Crippen LogP contribution is 2.21. The molecule has 0 aliphatic heterocycles. The van der Waals surface area contributed by atoms with Crippen LogP contribution in [0.4, 0.5) is 0 Å². The lowest BCUT2D eigenvalue weighted by Gasteiger charge is -2.06. The number of carbonyl (C=O) groups excluding carboxylic acids is 1. The van der Waals surface area contributed by atoms with Gasteiger partial charge in [-0.3, -0.25) is 9.59 Å². The summed E-state index contributed by atoms with van der Waals surface area (Å²) in [7, 11) is 0. The first-order valence-corrected chi connectivity index (χ1v) is 7.95. The SMILES string of the molecule is Cc1ccc(/C=C/C(=O)c2c(C)c3ccc(Cl)cc3[nH]c2=O)cc1. The lowest BCUT2D eigenvalue weighted by molar-refractivity contribution is 0.104. The number of fused-ring (bicyclic) bond motifs is 1. The van der Waals surface area contributed by atoms with Crippen molar-refractivity contribution in [3.05, 3.63) is 86.2 Å². The maximum absolute atomic E-state index is 12.5. The van der Waals surface area contributed by atoms with Gasteiger partial charge in [0.05, 0.1) is 11.1 Å². The molecule has 1 aromatic heterocycles. The fraction of sp³-hybridized carbons (Fsp3) is 0.100. The minimum atomic E-state index is -0.402. The van der Waals surface area contributed by atoms with E-state index in [2.05, 4.69) is 4.98 Å². The average Bonchev–Trinajstić information content (AvgIpc) is 2.54.